The number of amides is 1. The number of nitrogens with zero attached hydrogens (tertiary/aromatic N) is 5. The Bertz CT molecular complexity index is 1070. The third-order valence-corrected chi connectivity index (χ3v) is 5.48. The summed E-state index contributed by atoms with van der Waals surface area (Å²) in [5, 5.41) is 10.6. The zero-order valence-corrected chi connectivity index (χ0v) is 18.2. The lowest BCUT2D eigenvalue weighted by Crippen LogP contribution is -2.53. The van der Waals surface area contributed by atoms with Crippen molar-refractivity contribution >= 4 is 23.4 Å². The first-order chi connectivity index (χ1) is 15.0. The highest BCUT2D eigenvalue weighted by molar-refractivity contribution is 6.03. The lowest BCUT2D eigenvalue weighted by Gasteiger charge is -2.37. The van der Waals surface area contributed by atoms with Gasteiger partial charge in [0.15, 0.2) is 5.82 Å². The van der Waals surface area contributed by atoms with Gasteiger partial charge in [0.25, 0.3) is 0 Å². The van der Waals surface area contributed by atoms with Gasteiger partial charge in [-0.15, -0.1) is 0 Å². The fourth-order valence-corrected chi connectivity index (χ4v) is 3.74. The van der Waals surface area contributed by atoms with Gasteiger partial charge in [0.1, 0.15) is 11.7 Å². The van der Waals surface area contributed by atoms with Crippen LogP contribution in [-0.4, -0.2) is 52.0 Å². The highest BCUT2D eigenvalue weighted by atomic mass is 16.5. The molecular weight excluding hydrogens is 394 g/mol. The zero-order chi connectivity index (χ0) is 22.0. The second-order valence-corrected chi connectivity index (χ2v) is 7.70. The summed E-state index contributed by atoms with van der Waals surface area (Å²) in [4.78, 5) is 23.5. The van der Waals surface area contributed by atoms with Gasteiger partial charge in [-0.3, -0.25) is 9.48 Å². The smallest absolute Gasteiger partial charge is 0.249 e. The Morgan fingerprint density at radius 1 is 1.23 bits per heavy atom. The molecule has 1 aliphatic heterocycles. The predicted molar refractivity (Wildman–Crippen MR) is 119 cm³/mol. The molecule has 0 aliphatic carbocycles. The number of hydrogen-bond donors (Lipinski definition) is 2. The van der Waals surface area contributed by atoms with E-state index in [1.54, 1.807) is 7.11 Å². The molecule has 2 aromatic heterocycles. The molecule has 9 nitrogen and oxygen atoms in total. The minimum Gasteiger partial charge on any atom is -0.379 e. The molecule has 0 saturated carbocycles. The summed E-state index contributed by atoms with van der Waals surface area (Å²) >= 11 is 0. The summed E-state index contributed by atoms with van der Waals surface area (Å²) in [6.07, 6.45) is 3.57. The van der Waals surface area contributed by atoms with Crippen LogP contribution in [-0.2, 0) is 22.6 Å². The van der Waals surface area contributed by atoms with Crippen LogP contribution < -0.4 is 15.5 Å². The van der Waals surface area contributed by atoms with Crippen LogP contribution in [0.15, 0.2) is 42.7 Å². The number of fused-ring (bicyclic) bond motifs is 1. The maximum atomic E-state index is 12.5. The van der Waals surface area contributed by atoms with Gasteiger partial charge < -0.3 is 20.3 Å². The van der Waals surface area contributed by atoms with Gasteiger partial charge in [-0.2, -0.15) is 10.1 Å². The van der Waals surface area contributed by atoms with Crippen molar-refractivity contribution in [3.8, 4) is 0 Å². The van der Waals surface area contributed by atoms with Crippen LogP contribution in [0.2, 0.25) is 0 Å². The first kappa shape index (κ1) is 20.8. The Morgan fingerprint density at radius 2 is 2.00 bits per heavy atom. The number of likely N-dealkylation sites (N-methyl/N-ethyl adjacent to an activating group) is 1. The maximum Gasteiger partial charge on any atom is 0.249 e. The molecular formula is C22H27N7O2. The lowest BCUT2D eigenvalue weighted by molar-refractivity contribution is -0.120. The molecule has 31 heavy (non-hydrogen) atoms. The molecule has 0 bridgehead atoms. The van der Waals surface area contributed by atoms with Gasteiger partial charge in [-0.25, -0.2) is 4.98 Å². The molecule has 1 unspecified atom stereocenters. The van der Waals surface area contributed by atoms with Gasteiger partial charge in [-0.1, -0.05) is 30.3 Å². The first-order valence-electron chi connectivity index (χ1n) is 10.2. The second kappa shape index (κ2) is 8.73. The molecule has 4 rings (SSSR count). The average molecular weight is 422 g/mol. The van der Waals surface area contributed by atoms with Crippen molar-refractivity contribution in [2.75, 3.05) is 29.7 Å². The summed E-state index contributed by atoms with van der Waals surface area (Å²) < 4.78 is 7.29. The number of methoxy groups -OCH3 is 1. The largest absolute Gasteiger partial charge is 0.379 e. The van der Waals surface area contributed by atoms with E-state index in [0.717, 1.165) is 12.1 Å². The SMILES string of the molecule is CO[C@H](C)C1C(=O)Nc2c(C)nc(NCc3cnn(Cc4ccccc4)c3)nc2N1C. The van der Waals surface area contributed by atoms with E-state index in [0.29, 0.717) is 29.7 Å². The number of nitrogens with one attached hydrogen (secondary N) is 2. The molecule has 2 N–H and O–H groups in total. The number of aryl methyl sites for hydroxylation is 1. The topological polar surface area (TPSA) is 97.2 Å². The van der Waals surface area contributed by atoms with E-state index in [-0.39, 0.29) is 12.0 Å². The van der Waals surface area contributed by atoms with Crippen LogP contribution in [0, 0.1) is 6.92 Å². The number of rotatable bonds is 7. The number of carbonyl (C=O) groups is 1. The average Bonchev–Trinajstić information content (AvgIpc) is 3.21. The molecule has 3 heterocycles. The van der Waals surface area contributed by atoms with E-state index in [1.165, 1.54) is 5.56 Å². The molecule has 2 atom stereocenters. The van der Waals surface area contributed by atoms with Crippen molar-refractivity contribution < 1.29 is 9.53 Å². The van der Waals surface area contributed by atoms with Crippen molar-refractivity contribution in [1.82, 2.24) is 19.7 Å². The van der Waals surface area contributed by atoms with Crippen LogP contribution in [0.4, 0.5) is 17.5 Å². The number of hydrogen-bond acceptors (Lipinski definition) is 7. The van der Waals surface area contributed by atoms with Crippen molar-refractivity contribution in [2.45, 2.75) is 39.1 Å². The minimum atomic E-state index is -0.462. The molecule has 1 aromatic carbocycles. The van der Waals surface area contributed by atoms with Crippen LogP contribution >= 0.6 is 0 Å². The van der Waals surface area contributed by atoms with Crippen LogP contribution in [0.3, 0.4) is 0 Å². The number of ether oxygens (including phenoxy) is 1. The first-order valence-corrected chi connectivity index (χ1v) is 10.2. The molecule has 0 fully saturated rings. The van der Waals surface area contributed by atoms with Crippen LogP contribution in [0.25, 0.3) is 0 Å². The fourth-order valence-electron chi connectivity index (χ4n) is 3.74. The molecule has 1 aliphatic rings. The standard InChI is InChI=1S/C22H27N7O2/c1-14-18-20(28(3)19(15(2)31-4)21(30)26-18)27-22(25-14)23-10-17-11-24-29(13-17)12-16-8-6-5-7-9-16/h5-9,11,13,15,19H,10,12H2,1-4H3,(H,26,30)(H,23,25,27)/t15-,19?/m1/s1. The van der Waals surface area contributed by atoms with Crippen molar-refractivity contribution in [3.63, 3.8) is 0 Å². The fraction of sp³-hybridized carbons (Fsp3) is 0.364. The van der Waals surface area contributed by atoms with Gasteiger partial charge in [0.2, 0.25) is 11.9 Å². The van der Waals surface area contributed by atoms with Crippen LogP contribution in [0.5, 0.6) is 0 Å². The number of aromatic nitrogens is 4. The summed E-state index contributed by atoms with van der Waals surface area (Å²) in [7, 11) is 3.44. The second-order valence-electron chi connectivity index (χ2n) is 7.70. The number of carbonyl (C=O) groups excluding carboxylic acids is 1. The Balaban J connectivity index is 1.48. The zero-order valence-electron chi connectivity index (χ0n) is 18.2. The molecule has 0 spiro atoms. The van der Waals surface area contributed by atoms with Gasteiger partial charge >= 0.3 is 0 Å². The Hall–Kier alpha value is -3.46. The maximum absolute atomic E-state index is 12.5. The molecule has 9 heteroatoms. The van der Waals surface area contributed by atoms with Gasteiger partial charge in [-0.05, 0) is 19.4 Å². The molecule has 1 amide bonds. The van der Waals surface area contributed by atoms with E-state index >= 15 is 0 Å². The Kier molecular flexibility index (Phi) is 5.85. The number of benzene rings is 1. The monoisotopic (exact) mass is 421 g/mol. The lowest BCUT2D eigenvalue weighted by atomic mass is 10.1. The Morgan fingerprint density at radius 3 is 2.74 bits per heavy atom. The summed E-state index contributed by atoms with van der Waals surface area (Å²) in [5.74, 6) is 1.05. The molecule has 162 valence electrons. The summed E-state index contributed by atoms with van der Waals surface area (Å²) in [6.45, 7) is 4.99. The quantitative estimate of drug-likeness (QED) is 0.605. The van der Waals surface area contributed by atoms with Crippen LogP contribution in [0.1, 0.15) is 23.7 Å². The normalized spacial score (nSPS) is 16.6. The summed E-state index contributed by atoms with van der Waals surface area (Å²) in [6, 6.07) is 9.75. The van der Waals surface area contributed by atoms with E-state index in [2.05, 4.69) is 37.8 Å². The predicted octanol–water partition coefficient (Wildman–Crippen LogP) is 2.43. The van der Waals surface area contributed by atoms with E-state index in [9.17, 15) is 4.79 Å². The minimum absolute atomic E-state index is 0.123. The Labute approximate surface area is 181 Å². The highest BCUT2D eigenvalue weighted by Gasteiger charge is 2.37. The summed E-state index contributed by atoms with van der Waals surface area (Å²) in [5.41, 5.74) is 3.57. The third-order valence-electron chi connectivity index (χ3n) is 5.48. The molecule has 3 aromatic rings. The van der Waals surface area contributed by atoms with Crippen molar-refractivity contribution in [2.24, 2.45) is 0 Å². The highest BCUT2D eigenvalue weighted by Crippen LogP contribution is 2.33. The van der Waals surface area contributed by atoms with E-state index < -0.39 is 6.04 Å². The number of anilines is 3. The van der Waals surface area contributed by atoms with Gasteiger partial charge in [0, 0.05) is 32.5 Å². The van der Waals surface area contributed by atoms with Crippen molar-refractivity contribution in [1.29, 1.82) is 0 Å². The van der Waals surface area contributed by atoms with Crippen molar-refractivity contribution in [3.05, 3.63) is 59.5 Å². The molecule has 0 saturated heterocycles. The molecule has 0 radical (unpaired) electrons. The van der Waals surface area contributed by atoms with Gasteiger partial charge in [0.05, 0.1) is 24.5 Å². The van der Waals surface area contributed by atoms with E-state index in [4.69, 9.17) is 4.74 Å². The van der Waals surface area contributed by atoms with E-state index in [1.807, 2.05) is 61.1 Å². The third kappa shape index (κ3) is 4.36.